The number of amides is 1. The van der Waals surface area contributed by atoms with E-state index in [1.807, 2.05) is 4.90 Å². The molecule has 0 saturated heterocycles. The quantitative estimate of drug-likeness (QED) is 0.761. The van der Waals surface area contributed by atoms with Crippen molar-refractivity contribution >= 4 is 5.91 Å². The first-order valence-electron chi connectivity index (χ1n) is 9.94. The zero-order valence-corrected chi connectivity index (χ0v) is 16.5. The van der Waals surface area contributed by atoms with E-state index in [-0.39, 0.29) is 11.9 Å². The summed E-state index contributed by atoms with van der Waals surface area (Å²) in [4.78, 5) is 14.6. The number of hydrogen-bond donors (Lipinski definition) is 1. The van der Waals surface area contributed by atoms with E-state index in [0.717, 1.165) is 19.4 Å². The lowest BCUT2D eigenvalue weighted by Crippen LogP contribution is -2.47. The van der Waals surface area contributed by atoms with Gasteiger partial charge < -0.3 is 14.2 Å². The maximum Gasteiger partial charge on any atom is 0.283 e. The van der Waals surface area contributed by atoms with Gasteiger partial charge in [0.1, 0.15) is 0 Å². The molecule has 2 aromatic heterocycles. The van der Waals surface area contributed by atoms with Gasteiger partial charge in [0.25, 0.3) is 5.89 Å². The molecule has 0 spiro atoms. The fourth-order valence-corrected chi connectivity index (χ4v) is 3.78. The van der Waals surface area contributed by atoms with Gasteiger partial charge in [0.2, 0.25) is 11.8 Å². The van der Waals surface area contributed by atoms with Gasteiger partial charge in [-0.05, 0) is 43.4 Å². The zero-order chi connectivity index (χ0) is 19.2. The Morgan fingerprint density at radius 3 is 2.93 bits per heavy atom. The summed E-state index contributed by atoms with van der Waals surface area (Å²) in [5.74, 6) is 2.65. The Labute approximate surface area is 160 Å². The molecule has 1 fully saturated rings. The summed E-state index contributed by atoms with van der Waals surface area (Å²) in [5.41, 5.74) is 0. The summed E-state index contributed by atoms with van der Waals surface area (Å²) in [6.45, 7) is 8.20. The molecule has 148 valence electrons. The van der Waals surface area contributed by atoms with E-state index in [4.69, 9.17) is 8.83 Å². The average molecular weight is 374 g/mol. The fourth-order valence-electron chi connectivity index (χ4n) is 3.78. The summed E-state index contributed by atoms with van der Waals surface area (Å²) in [6, 6.07) is 3.83. The first-order chi connectivity index (χ1) is 13.1. The first-order valence-corrected chi connectivity index (χ1v) is 9.94. The SMILES string of the molecule is CCCN(CC(=O)NC1CCCC(C)C1C)Cc1nnc(-c2ccco2)o1. The third-order valence-corrected chi connectivity index (χ3v) is 5.52. The van der Waals surface area contributed by atoms with Crippen LogP contribution < -0.4 is 5.32 Å². The monoisotopic (exact) mass is 374 g/mol. The summed E-state index contributed by atoms with van der Waals surface area (Å²) >= 11 is 0. The Hall–Kier alpha value is -2.15. The molecule has 1 amide bonds. The van der Waals surface area contributed by atoms with Gasteiger partial charge in [-0.15, -0.1) is 10.2 Å². The van der Waals surface area contributed by atoms with Crippen LogP contribution in [0.25, 0.3) is 11.7 Å². The first kappa shape index (κ1) is 19.6. The van der Waals surface area contributed by atoms with Crippen molar-refractivity contribution in [3.63, 3.8) is 0 Å². The van der Waals surface area contributed by atoms with Crippen molar-refractivity contribution in [3.8, 4) is 11.7 Å². The second kappa shape index (κ2) is 9.17. The number of nitrogens with zero attached hydrogens (tertiary/aromatic N) is 3. The van der Waals surface area contributed by atoms with Crippen LogP contribution in [0.15, 0.2) is 27.2 Å². The van der Waals surface area contributed by atoms with Crippen molar-refractivity contribution < 1.29 is 13.6 Å². The topological polar surface area (TPSA) is 84.4 Å². The lowest BCUT2D eigenvalue weighted by atomic mass is 9.78. The summed E-state index contributed by atoms with van der Waals surface area (Å²) in [7, 11) is 0. The normalized spacial score (nSPS) is 22.9. The van der Waals surface area contributed by atoms with Gasteiger partial charge in [-0.3, -0.25) is 9.69 Å². The molecule has 3 atom stereocenters. The average Bonchev–Trinajstić information content (AvgIpc) is 3.30. The Morgan fingerprint density at radius 2 is 2.19 bits per heavy atom. The van der Waals surface area contributed by atoms with E-state index in [9.17, 15) is 4.79 Å². The molecule has 0 radical (unpaired) electrons. The Kier molecular flexibility index (Phi) is 6.66. The van der Waals surface area contributed by atoms with Gasteiger partial charge in [-0.1, -0.05) is 33.6 Å². The molecule has 1 aliphatic carbocycles. The lowest BCUT2D eigenvalue weighted by molar-refractivity contribution is -0.123. The van der Waals surface area contributed by atoms with E-state index in [1.165, 1.54) is 12.8 Å². The van der Waals surface area contributed by atoms with Crippen molar-refractivity contribution in [3.05, 3.63) is 24.3 Å². The largest absolute Gasteiger partial charge is 0.459 e. The van der Waals surface area contributed by atoms with Gasteiger partial charge in [0.15, 0.2) is 5.76 Å². The second-order valence-corrected chi connectivity index (χ2v) is 7.63. The minimum atomic E-state index is 0.0696. The van der Waals surface area contributed by atoms with Crippen molar-refractivity contribution in [2.24, 2.45) is 11.8 Å². The molecule has 2 heterocycles. The molecule has 3 rings (SSSR count). The molecular formula is C20H30N4O3. The second-order valence-electron chi connectivity index (χ2n) is 7.63. The molecule has 7 heteroatoms. The van der Waals surface area contributed by atoms with Crippen molar-refractivity contribution in [2.75, 3.05) is 13.1 Å². The number of carbonyl (C=O) groups excluding carboxylic acids is 1. The van der Waals surface area contributed by atoms with E-state index in [2.05, 4.69) is 36.3 Å². The molecular weight excluding hydrogens is 344 g/mol. The molecule has 0 aromatic carbocycles. The summed E-state index contributed by atoms with van der Waals surface area (Å²) < 4.78 is 11.0. The molecule has 1 aliphatic rings. The highest BCUT2D eigenvalue weighted by atomic mass is 16.4. The molecule has 1 saturated carbocycles. The van der Waals surface area contributed by atoms with E-state index in [0.29, 0.717) is 42.5 Å². The van der Waals surface area contributed by atoms with Crippen LogP contribution >= 0.6 is 0 Å². The van der Waals surface area contributed by atoms with Crippen LogP contribution in [-0.2, 0) is 11.3 Å². The Bertz CT molecular complexity index is 713. The van der Waals surface area contributed by atoms with Crippen LogP contribution in [0.2, 0.25) is 0 Å². The van der Waals surface area contributed by atoms with E-state index >= 15 is 0 Å². The van der Waals surface area contributed by atoms with Crippen LogP contribution in [-0.4, -0.2) is 40.1 Å². The Morgan fingerprint density at radius 1 is 1.33 bits per heavy atom. The van der Waals surface area contributed by atoms with Crippen LogP contribution in [0.5, 0.6) is 0 Å². The van der Waals surface area contributed by atoms with Gasteiger partial charge in [0.05, 0.1) is 19.4 Å². The van der Waals surface area contributed by atoms with E-state index in [1.54, 1.807) is 18.4 Å². The van der Waals surface area contributed by atoms with E-state index < -0.39 is 0 Å². The zero-order valence-electron chi connectivity index (χ0n) is 16.5. The number of aromatic nitrogens is 2. The third-order valence-electron chi connectivity index (χ3n) is 5.52. The number of furan rings is 1. The van der Waals surface area contributed by atoms with Crippen LogP contribution in [0, 0.1) is 11.8 Å². The molecule has 2 aromatic rings. The highest BCUT2D eigenvalue weighted by Gasteiger charge is 2.28. The van der Waals surface area contributed by atoms with Gasteiger partial charge >= 0.3 is 0 Å². The lowest BCUT2D eigenvalue weighted by Gasteiger charge is -2.35. The predicted molar refractivity (Wildman–Crippen MR) is 102 cm³/mol. The van der Waals surface area contributed by atoms with Crippen molar-refractivity contribution in [1.29, 1.82) is 0 Å². The van der Waals surface area contributed by atoms with Crippen molar-refractivity contribution in [1.82, 2.24) is 20.4 Å². The molecule has 3 unspecified atom stereocenters. The fraction of sp³-hybridized carbons (Fsp3) is 0.650. The van der Waals surface area contributed by atoms with Crippen LogP contribution in [0.4, 0.5) is 0 Å². The predicted octanol–water partition coefficient (Wildman–Crippen LogP) is 3.48. The van der Waals surface area contributed by atoms with Crippen LogP contribution in [0.3, 0.4) is 0 Å². The minimum absolute atomic E-state index is 0.0696. The number of hydrogen-bond acceptors (Lipinski definition) is 6. The molecule has 1 N–H and O–H groups in total. The third kappa shape index (κ3) is 5.19. The number of carbonyl (C=O) groups is 1. The van der Waals surface area contributed by atoms with Crippen LogP contribution in [0.1, 0.15) is 52.3 Å². The molecule has 7 nitrogen and oxygen atoms in total. The number of nitrogens with one attached hydrogen (secondary N) is 1. The number of rotatable bonds is 8. The molecule has 27 heavy (non-hydrogen) atoms. The highest BCUT2D eigenvalue weighted by Crippen LogP contribution is 2.29. The highest BCUT2D eigenvalue weighted by molar-refractivity contribution is 5.78. The standard InChI is InChI=1S/C20H30N4O3/c1-4-10-24(12-18(25)21-16-8-5-7-14(2)15(16)3)13-19-22-23-20(27-19)17-9-6-11-26-17/h6,9,11,14-16H,4-5,7-8,10,12-13H2,1-3H3,(H,21,25). The Balaban J connectivity index is 1.56. The smallest absolute Gasteiger partial charge is 0.283 e. The van der Waals surface area contributed by atoms with Gasteiger partial charge in [0, 0.05) is 6.04 Å². The molecule has 0 aliphatic heterocycles. The molecule has 0 bridgehead atoms. The summed E-state index contributed by atoms with van der Waals surface area (Å²) in [6.07, 6.45) is 6.03. The van der Waals surface area contributed by atoms with Gasteiger partial charge in [-0.2, -0.15) is 0 Å². The maximum atomic E-state index is 12.6. The summed E-state index contributed by atoms with van der Waals surface area (Å²) in [5, 5.41) is 11.4. The minimum Gasteiger partial charge on any atom is -0.459 e. The maximum absolute atomic E-state index is 12.6. The van der Waals surface area contributed by atoms with Crippen molar-refractivity contribution in [2.45, 2.75) is 59.0 Å². The van der Waals surface area contributed by atoms with Gasteiger partial charge in [-0.25, -0.2) is 0 Å².